The summed E-state index contributed by atoms with van der Waals surface area (Å²) in [6, 6.07) is 0.221. The van der Waals surface area contributed by atoms with Crippen molar-refractivity contribution in [3.63, 3.8) is 0 Å². The van der Waals surface area contributed by atoms with Crippen molar-refractivity contribution >= 4 is 11.9 Å². The predicted molar refractivity (Wildman–Crippen MR) is 60.5 cm³/mol. The van der Waals surface area contributed by atoms with Gasteiger partial charge in [-0.05, 0) is 12.3 Å². The summed E-state index contributed by atoms with van der Waals surface area (Å²) in [4.78, 5) is 15.1. The molecule has 0 spiro atoms. The minimum absolute atomic E-state index is 0.116. The zero-order valence-corrected chi connectivity index (χ0v) is 9.42. The summed E-state index contributed by atoms with van der Waals surface area (Å²) in [6.07, 6.45) is 1.39. The van der Waals surface area contributed by atoms with E-state index in [9.17, 15) is 4.79 Å². The van der Waals surface area contributed by atoms with Crippen molar-refractivity contribution < 1.29 is 4.79 Å². The normalized spacial score (nSPS) is 22.7. The van der Waals surface area contributed by atoms with Gasteiger partial charge in [-0.25, -0.2) is 0 Å². The lowest BCUT2D eigenvalue weighted by Crippen LogP contribution is -2.50. The van der Waals surface area contributed by atoms with Gasteiger partial charge >= 0.3 is 0 Å². The van der Waals surface area contributed by atoms with Gasteiger partial charge in [-0.2, -0.15) is 0 Å². The first-order valence-electron chi connectivity index (χ1n) is 5.41. The molecular formula is C10H20N4O. The van der Waals surface area contributed by atoms with Gasteiger partial charge in [-0.3, -0.25) is 9.79 Å². The molecule has 1 heterocycles. The number of hydrogen-bond acceptors (Lipinski definition) is 2. The number of rotatable bonds is 3. The molecule has 4 N–H and O–H groups in total. The molecule has 0 aromatic carbocycles. The maximum Gasteiger partial charge on any atom is 0.220 e. The summed E-state index contributed by atoms with van der Waals surface area (Å²) in [5, 5.41) is 5.90. The lowest BCUT2D eigenvalue weighted by molar-refractivity contribution is -0.122. The smallest absolute Gasteiger partial charge is 0.220 e. The van der Waals surface area contributed by atoms with Crippen molar-refractivity contribution in [2.24, 2.45) is 16.6 Å². The third kappa shape index (κ3) is 4.67. The minimum atomic E-state index is 0.116. The molecule has 1 atom stereocenters. The number of hydrogen-bond donors (Lipinski definition) is 3. The van der Waals surface area contributed by atoms with E-state index in [4.69, 9.17) is 5.73 Å². The molecule has 1 fully saturated rings. The van der Waals surface area contributed by atoms with E-state index >= 15 is 0 Å². The van der Waals surface area contributed by atoms with E-state index in [0.717, 1.165) is 13.0 Å². The Balaban J connectivity index is 2.28. The molecule has 1 aliphatic heterocycles. The second kappa shape index (κ2) is 5.58. The van der Waals surface area contributed by atoms with E-state index in [2.05, 4.69) is 29.5 Å². The predicted octanol–water partition coefficient (Wildman–Crippen LogP) is -0.175. The Morgan fingerprint density at radius 3 is 3.00 bits per heavy atom. The third-order valence-corrected chi connectivity index (χ3v) is 2.24. The zero-order valence-electron chi connectivity index (χ0n) is 9.42. The topological polar surface area (TPSA) is 79.5 Å². The van der Waals surface area contributed by atoms with Gasteiger partial charge in [0, 0.05) is 25.6 Å². The Labute approximate surface area is 90.5 Å². The fourth-order valence-corrected chi connectivity index (χ4v) is 1.39. The van der Waals surface area contributed by atoms with Gasteiger partial charge in [-0.15, -0.1) is 0 Å². The van der Waals surface area contributed by atoms with E-state index < -0.39 is 0 Å². The number of carbonyl (C=O) groups is 1. The van der Waals surface area contributed by atoms with Crippen LogP contribution in [0.25, 0.3) is 0 Å². The van der Waals surface area contributed by atoms with E-state index in [1.165, 1.54) is 0 Å². The molecule has 15 heavy (non-hydrogen) atoms. The molecule has 0 aromatic heterocycles. The van der Waals surface area contributed by atoms with Crippen LogP contribution in [-0.4, -0.2) is 31.0 Å². The molecule has 1 unspecified atom stereocenters. The van der Waals surface area contributed by atoms with Crippen LogP contribution in [0.5, 0.6) is 0 Å². The molecule has 1 aliphatic rings. The maximum atomic E-state index is 10.9. The average Bonchev–Trinajstić information content (AvgIpc) is 2.19. The minimum Gasteiger partial charge on any atom is -0.370 e. The van der Waals surface area contributed by atoms with Crippen LogP contribution in [-0.2, 0) is 4.79 Å². The molecule has 5 heteroatoms. The molecule has 1 saturated heterocycles. The van der Waals surface area contributed by atoms with Crippen molar-refractivity contribution in [2.75, 3.05) is 13.1 Å². The first-order valence-corrected chi connectivity index (χ1v) is 5.41. The van der Waals surface area contributed by atoms with Gasteiger partial charge in [0.15, 0.2) is 5.96 Å². The Morgan fingerprint density at radius 2 is 2.47 bits per heavy atom. The Bertz CT molecular complexity index is 240. The third-order valence-electron chi connectivity index (χ3n) is 2.24. The SMILES string of the molecule is CC(C)CN=C(N)NC1CCC(=O)NC1. The monoisotopic (exact) mass is 212 g/mol. The number of nitrogens with two attached hydrogens (primary N) is 1. The molecule has 1 rings (SSSR count). The number of nitrogens with one attached hydrogen (secondary N) is 2. The van der Waals surface area contributed by atoms with E-state index in [1.54, 1.807) is 0 Å². The van der Waals surface area contributed by atoms with Crippen LogP contribution in [0.3, 0.4) is 0 Å². The highest BCUT2D eigenvalue weighted by molar-refractivity contribution is 5.79. The van der Waals surface area contributed by atoms with Crippen molar-refractivity contribution in [2.45, 2.75) is 32.7 Å². The average molecular weight is 212 g/mol. The van der Waals surface area contributed by atoms with Gasteiger partial charge in [0.05, 0.1) is 0 Å². The molecular weight excluding hydrogens is 192 g/mol. The molecule has 0 saturated carbocycles. The molecule has 86 valence electrons. The second-order valence-corrected chi connectivity index (χ2v) is 4.30. The summed E-state index contributed by atoms with van der Waals surface area (Å²) in [5.41, 5.74) is 5.71. The largest absolute Gasteiger partial charge is 0.370 e. The standard InChI is InChI=1S/C10H20N4O/c1-7(2)5-13-10(11)14-8-3-4-9(15)12-6-8/h7-8H,3-6H2,1-2H3,(H,12,15)(H3,11,13,14). The molecule has 0 aromatic rings. The molecule has 1 amide bonds. The summed E-state index contributed by atoms with van der Waals surface area (Å²) in [6.45, 7) is 5.56. The van der Waals surface area contributed by atoms with Crippen LogP contribution >= 0.6 is 0 Å². The summed E-state index contributed by atoms with van der Waals surface area (Å²) in [7, 11) is 0. The van der Waals surface area contributed by atoms with Crippen LogP contribution in [0.15, 0.2) is 4.99 Å². The number of amides is 1. The highest BCUT2D eigenvalue weighted by atomic mass is 16.1. The van der Waals surface area contributed by atoms with Gasteiger partial charge < -0.3 is 16.4 Å². The van der Waals surface area contributed by atoms with Crippen molar-refractivity contribution in [3.05, 3.63) is 0 Å². The summed E-state index contributed by atoms with van der Waals surface area (Å²) < 4.78 is 0. The van der Waals surface area contributed by atoms with Crippen molar-refractivity contribution in [1.82, 2.24) is 10.6 Å². The van der Waals surface area contributed by atoms with Gasteiger partial charge in [0.25, 0.3) is 0 Å². The lowest BCUT2D eigenvalue weighted by atomic mass is 10.1. The fraction of sp³-hybridized carbons (Fsp3) is 0.800. The highest BCUT2D eigenvalue weighted by Gasteiger charge is 2.17. The van der Waals surface area contributed by atoms with E-state index in [-0.39, 0.29) is 11.9 Å². The Kier molecular flexibility index (Phi) is 4.39. The van der Waals surface area contributed by atoms with Crippen LogP contribution in [0.1, 0.15) is 26.7 Å². The number of guanidine groups is 1. The molecule has 0 radical (unpaired) electrons. The van der Waals surface area contributed by atoms with Crippen LogP contribution in [0.2, 0.25) is 0 Å². The van der Waals surface area contributed by atoms with Crippen LogP contribution in [0, 0.1) is 5.92 Å². The lowest BCUT2D eigenvalue weighted by Gasteiger charge is -2.23. The number of nitrogens with zero attached hydrogens (tertiary/aromatic N) is 1. The van der Waals surface area contributed by atoms with E-state index in [1.807, 2.05) is 0 Å². The highest BCUT2D eigenvalue weighted by Crippen LogP contribution is 2.02. The van der Waals surface area contributed by atoms with E-state index in [0.29, 0.717) is 24.8 Å². The zero-order chi connectivity index (χ0) is 11.3. The first-order chi connectivity index (χ1) is 7.08. The van der Waals surface area contributed by atoms with Crippen molar-refractivity contribution in [1.29, 1.82) is 0 Å². The quantitative estimate of drug-likeness (QED) is 0.449. The summed E-state index contributed by atoms with van der Waals surface area (Å²) >= 11 is 0. The second-order valence-electron chi connectivity index (χ2n) is 4.30. The Hall–Kier alpha value is -1.26. The van der Waals surface area contributed by atoms with Crippen molar-refractivity contribution in [3.8, 4) is 0 Å². The van der Waals surface area contributed by atoms with Gasteiger partial charge in [0.2, 0.25) is 5.91 Å². The number of aliphatic imine (C=N–C) groups is 1. The summed E-state index contributed by atoms with van der Waals surface area (Å²) in [5.74, 6) is 1.10. The first kappa shape index (κ1) is 11.8. The molecule has 0 bridgehead atoms. The molecule has 0 aliphatic carbocycles. The van der Waals surface area contributed by atoms with Gasteiger partial charge in [0.1, 0.15) is 0 Å². The number of piperidine rings is 1. The van der Waals surface area contributed by atoms with Crippen LogP contribution in [0.4, 0.5) is 0 Å². The maximum absolute atomic E-state index is 10.9. The number of carbonyl (C=O) groups excluding carboxylic acids is 1. The Morgan fingerprint density at radius 1 is 1.73 bits per heavy atom. The molecule has 5 nitrogen and oxygen atoms in total. The van der Waals surface area contributed by atoms with Crippen LogP contribution < -0.4 is 16.4 Å². The van der Waals surface area contributed by atoms with Gasteiger partial charge in [-0.1, -0.05) is 13.8 Å². The fourth-order valence-electron chi connectivity index (χ4n) is 1.39.